The number of piperidine rings is 1. The Labute approximate surface area is 152 Å². The lowest BCUT2D eigenvalue weighted by Crippen LogP contribution is -2.63. The van der Waals surface area contributed by atoms with Gasteiger partial charge in [0, 0.05) is 36.6 Å². The summed E-state index contributed by atoms with van der Waals surface area (Å²) < 4.78 is 5.95. The van der Waals surface area contributed by atoms with Crippen molar-refractivity contribution in [3.05, 3.63) is 0 Å². The zero-order valence-electron chi connectivity index (χ0n) is 14.9. The lowest BCUT2D eigenvalue weighted by Gasteiger charge is -2.54. The molecule has 2 aliphatic heterocycles. The Morgan fingerprint density at radius 2 is 1.83 bits per heavy atom. The van der Waals surface area contributed by atoms with E-state index >= 15 is 0 Å². The van der Waals surface area contributed by atoms with Gasteiger partial charge in [-0.2, -0.15) is 0 Å². The Morgan fingerprint density at radius 3 is 2.46 bits per heavy atom. The molecule has 138 valence electrons. The minimum atomic E-state index is 0. The third-order valence-corrected chi connectivity index (χ3v) is 7.07. The summed E-state index contributed by atoms with van der Waals surface area (Å²) in [7, 11) is 0. The van der Waals surface area contributed by atoms with Gasteiger partial charge >= 0.3 is 0 Å². The summed E-state index contributed by atoms with van der Waals surface area (Å²) >= 11 is 0. The first-order valence-electron chi connectivity index (χ1n) is 9.86. The standard InChI is InChI=1S/C19H32N2O2.ClH/c1-2-23-17-12-16(19(17)7-3-4-8-19)21-18(22)11-13-9-14-5-6-15(10-13)20-14;/h13-17,20H,2-12H2,1H3,(H,21,22);1H. The maximum atomic E-state index is 12.6. The Balaban J connectivity index is 0.00000169. The Morgan fingerprint density at radius 1 is 1.17 bits per heavy atom. The van der Waals surface area contributed by atoms with E-state index in [-0.39, 0.29) is 17.8 Å². The number of rotatable bonds is 5. The van der Waals surface area contributed by atoms with Crippen molar-refractivity contribution in [2.75, 3.05) is 6.61 Å². The molecular weight excluding hydrogens is 324 g/mol. The highest BCUT2D eigenvalue weighted by Gasteiger charge is 2.57. The molecule has 4 aliphatic rings. The van der Waals surface area contributed by atoms with Gasteiger partial charge in [-0.25, -0.2) is 0 Å². The van der Waals surface area contributed by atoms with Crippen LogP contribution in [0.1, 0.15) is 71.1 Å². The molecule has 4 nitrogen and oxygen atoms in total. The molecule has 2 saturated heterocycles. The molecule has 5 heteroatoms. The molecule has 4 atom stereocenters. The first-order chi connectivity index (χ1) is 11.2. The summed E-state index contributed by atoms with van der Waals surface area (Å²) in [6.45, 7) is 2.88. The van der Waals surface area contributed by atoms with Crippen molar-refractivity contribution in [3.8, 4) is 0 Å². The monoisotopic (exact) mass is 356 g/mol. The largest absolute Gasteiger partial charge is 0.378 e. The van der Waals surface area contributed by atoms with Crippen molar-refractivity contribution in [1.29, 1.82) is 0 Å². The molecule has 4 fully saturated rings. The van der Waals surface area contributed by atoms with Gasteiger partial charge in [-0.1, -0.05) is 12.8 Å². The van der Waals surface area contributed by atoms with Gasteiger partial charge in [0.05, 0.1) is 6.10 Å². The minimum absolute atomic E-state index is 0. The zero-order valence-corrected chi connectivity index (χ0v) is 15.7. The van der Waals surface area contributed by atoms with E-state index in [1.54, 1.807) is 0 Å². The van der Waals surface area contributed by atoms with E-state index in [1.807, 2.05) is 0 Å². The Kier molecular flexibility index (Phi) is 5.78. The van der Waals surface area contributed by atoms with Crippen LogP contribution in [-0.4, -0.2) is 36.7 Å². The molecule has 1 spiro atoms. The molecule has 2 saturated carbocycles. The second-order valence-corrected chi connectivity index (χ2v) is 8.42. The van der Waals surface area contributed by atoms with E-state index in [0.29, 0.717) is 36.1 Å². The van der Waals surface area contributed by atoms with Crippen LogP contribution in [0, 0.1) is 11.3 Å². The van der Waals surface area contributed by atoms with E-state index in [9.17, 15) is 4.79 Å². The van der Waals surface area contributed by atoms with Crippen LogP contribution in [0.3, 0.4) is 0 Å². The molecule has 1 amide bonds. The fourth-order valence-electron chi connectivity index (χ4n) is 5.95. The van der Waals surface area contributed by atoms with Crippen molar-refractivity contribution in [2.24, 2.45) is 11.3 Å². The molecule has 4 unspecified atom stereocenters. The number of halogens is 1. The molecular formula is C19H33ClN2O2. The summed E-state index contributed by atoms with van der Waals surface area (Å²) in [6.07, 6.45) is 12.2. The summed E-state index contributed by atoms with van der Waals surface area (Å²) in [5.41, 5.74) is 0.263. The number of ether oxygens (including phenoxy) is 1. The predicted octanol–water partition coefficient (Wildman–Crippen LogP) is 3.18. The molecule has 2 bridgehead atoms. The zero-order chi connectivity index (χ0) is 15.9. The van der Waals surface area contributed by atoms with Crippen LogP contribution in [-0.2, 0) is 9.53 Å². The average molecular weight is 357 g/mol. The van der Waals surface area contributed by atoms with Gasteiger partial charge in [0.1, 0.15) is 0 Å². The van der Waals surface area contributed by atoms with Crippen LogP contribution in [0.2, 0.25) is 0 Å². The topological polar surface area (TPSA) is 50.4 Å². The highest BCUT2D eigenvalue weighted by atomic mass is 35.5. The van der Waals surface area contributed by atoms with Crippen LogP contribution < -0.4 is 10.6 Å². The van der Waals surface area contributed by atoms with Crippen molar-refractivity contribution in [3.63, 3.8) is 0 Å². The number of fused-ring (bicyclic) bond motifs is 2. The second-order valence-electron chi connectivity index (χ2n) is 8.42. The number of carbonyl (C=O) groups is 1. The molecule has 0 aromatic carbocycles. The molecule has 4 rings (SSSR count). The maximum Gasteiger partial charge on any atom is 0.220 e. The minimum Gasteiger partial charge on any atom is -0.378 e. The van der Waals surface area contributed by atoms with Gasteiger partial charge in [-0.15, -0.1) is 12.4 Å². The van der Waals surface area contributed by atoms with Gasteiger partial charge in [-0.05, 0) is 57.8 Å². The third kappa shape index (κ3) is 3.34. The van der Waals surface area contributed by atoms with Crippen molar-refractivity contribution in [2.45, 2.75) is 95.4 Å². The van der Waals surface area contributed by atoms with Crippen molar-refractivity contribution >= 4 is 18.3 Å². The van der Waals surface area contributed by atoms with E-state index in [2.05, 4.69) is 17.6 Å². The van der Waals surface area contributed by atoms with Gasteiger partial charge in [0.15, 0.2) is 0 Å². The van der Waals surface area contributed by atoms with Crippen LogP contribution in [0.15, 0.2) is 0 Å². The molecule has 0 aromatic rings. The Bertz CT molecular complexity index is 441. The summed E-state index contributed by atoms with van der Waals surface area (Å²) in [4.78, 5) is 12.6. The predicted molar refractivity (Wildman–Crippen MR) is 97.4 cm³/mol. The SMILES string of the molecule is CCOC1CC(NC(=O)CC2CC3CCC(C2)N3)C12CCCC2.Cl. The van der Waals surface area contributed by atoms with E-state index in [4.69, 9.17) is 4.74 Å². The third-order valence-electron chi connectivity index (χ3n) is 7.07. The van der Waals surface area contributed by atoms with Gasteiger partial charge in [0.2, 0.25) is 5.91 Å². The summed E-state index contributed by atoms with van der Waals surface area (Å²) in [5.74, 6) is 0.888. The first-order valence-corrected chi connectivity index (χ1v) is 9.86. The average Bonchev–Trinajstić information content (AvgIpc) is 3.15. The lowest BCUT2D eigenvalue weighted by molar-refractivity contribution is -0.144. The Hall–Kier alpha value is -0.320. The number of amides is 1. The molecule has 0 aromatic heterocycles. The fraction of sp³-hybridized carbons (Fsp3) is 0.947. The fourth-order valence-corrected chi connectivity index (χ4v) is 5.95. The second kappa shape index (κ2) is 7.51. The lowest BCUT2D eigenvalue weighted by atomic mass is 9.60. The number of nitrogens with one attached hydrogen (secondary N) is 2. The number of carbonyl (C=O) groups excluding carboxylic acids is 1. The normalized spacial score (nSPS) is 39.3. The van der Waals surface area contributed by atoms with Crippen molar-refractivity contribution < 1.29 is 9.53 Å². The molecule has 2 N–H and O–H groups in total. The van der Waals surface area contributed by atoms with Gasteiger partial charge in [-0.3, -0.25) is 4.79 Å². The maximum absolute atomic E-state index is 12.6. The highest BCUT2D eigenvalue weighted by molar-refractivity contribution is 5.85. The van der Waals surface area contributed by atoms with Crippen LogP contribution in [0.5, 0.6) is 0 Å². The van der Waals surface area contributed by atoms with Crippen LogP contribution in [0.4, 0.5) is 0 Å². The smallest absolute Gasteiger partial charge is 0.220 e. The van der Waals surface area contributed by atoms with E-state index in [1.165, 1.54) is 51.4 Å². The van der Waals surface area contributed by atoms with E-state index < -0.39 is 0 Å². The first kappa shape index (κ1) is 18.5. The molecule has 24 heavy (non-hydrogen) atoms. The molecule has 2 aliphatic carbocycles. The van der Waals surface area contributed by atoms with Crippen LogP contribution in [0.25, 0.3) is 0 Å². The molecule has 0 radical (unpaired) electrons. The van der Waals surface area contributed by atoms with Crippen molar-refractivity contribution in [1.82, 2.24) is 10.6 Å². The quantitative estimate of drug-likeness (QED) is 0.795. The molecule has 2 heterocycles. The summed E-state index contributed by atoms with van der Waals surface area (Å²) in [6, 6.07) is 1.73. The summed E-state index contributed by atoms with van der Waals surface area (Å²) in [5, 5.41) is 7.06. The van der Waals surface area contributed by atoms with E-state index in [0.717, 1.165) is 19.4 Å². The van der Waals surface area contributed by atoms with Gasteiger partial charge < -0.3 is 15.4 Å². The number of hydrogen-bond acceptors (Lipinski definition) is 3. The number of hydrogen-bond donors (Lipinski definition) is 2. The highest BCUT2D eigenvalue weighted by Crippen LogP contribution is 2.54. The van der Waals surface area contributed by atoms with Crippen LogP contribution >= 0.6 is 12.4 Å². The van der Waals surface area contributed by atoms with Gasteiger partial charge in [0.25, 0.3) is 0 Å².